The zero-order chi connectivity index (χ0) is 13.4. The van der Waals surface area contributed by atoms with Crippen molar-refractivity contribution >= 4 is 11.4 Å². The smallest absolute Gasteiger partial charge is 0.215 e. The molecule has 0 aliphatic carbocycles. The first-order valence-electron chi connectivity index (χ1n) is 5.62. The fraction of sp³-hybridized carbons (Fsp3) is 0. The molecule has 0 saturated carbocycles. The predicted octanol–water partition coefficient (Wildman–Crippen LogP) is 2.41. The molecule has 2 aromatic heterocycles. The molecule has 1 N–H and O–H groups in total. The average molecular weight is 256 g/mol. The van der Waals surface area contributed by atoms with E-state index in [9.17, 15) is 14.3 Å². The number of hydrogen-bond acceptors (Lipinski definition) is 3. The van der Waals surface area contributed by atoms with Gasteiger partial charge in [-0.25, -0.2) is 9.37 Å². The summed E-state index contributed by atoms with van der Waals surface area (Å²) in [6.45, 7) is 0. The number of hydrogen-bond donors (Lipinski definition) is 1. The zero-order valence-electron chi connectivity index (χ0n) is 9.75. The summed E-state index contributed by atoms with van der Waals surface area (Å²) in [4.78, 5) is 16.4. The number of aromatic nitrogens is 2. The first-order chi connectivity index (χ1) is 9.16. The minimum atomic E-state index is -0.591. The minimum Gasteiger partial charge on any atom is -0.507 e. The molecule has 0 aliphatic rings. The molecule has 1 aromatic carbocycles. The van der Waals surface area contributed by atoms with Crippen LogP contribution in [0.3, 0.4) is 0 Å². The molecule has 2 heterocycles. The third-order valence-corrected chi connectivity index (χ3v) is 2.85. The van der Waals surface area contributed by atoms with Gasteiger partial charge in [-0.2, -0.15) is 0 Å². The van der Waals surface area contributed by atoms with Crippen molar-refractivity contribution in [2.45, 2.75) is 0 Å². The van der Waals surface area contributed by atoms with E-state index in [0.29, 0.717) is 11.3 Å². The van der Waals surface area contributed by atoms with Crippen LogP contribution in [0.25, 0.3) is 5.65 Å². The molecule has 0 aliphatic heterocycles. The minimum absolute atomic E-state index is 0.0482. The lowest BCUT2D eigenvalue weighted by Gasteiger charge is -2.03. The number of carbonyl (C=O) groups excluding carboxylic acids is 1. The lowest BCUT2D eigenvalue weighted by Crippen LogP contribution is -2.05. The quantitative estimate of drug-likeness (QED) is 0.716. The van der Waals surface area contributed by atoms with Crippen molar-refractivity contribution in [3.8, 4) is 5.75 Å². The van der Waals surface area contributed by atoms with Crippen LogP contribution in [-0.2, 0) is 0 Å². The highest BCUT2D eigenvalue weighted by atomic mass is 19.1. The van der Waals surface area contributed by atoms with Gasteiger partial charge in [0.15, 0.2) is 0 Å². The second-order valence-electron chi connectivity index (χ2n) is 4.06. The number of carbonyl (C=O) groups is 1. The Morgan fingerprint density at radius 2 is 2.11 bits per heavy atom. The van der Waals surface area contributed by atoms with E-state index >= 15 is 0 Å². The topological polar surface area (TPSA) is 54.6 Å². The first-order valence-corrected chi connectivity index (χ1v) is 5.62. The van der Waals surface area contributed by atoms with Crippen molar-refractivity contribution in [3.63, 3.8) is 0 Å². The molecule has 0 radical (unpaired) electrons. The van der Waals surface area contributed by atoms with Gasteiger partial charge in [-0.15, -0.1) is 0 Å². The van der Waals surface area contributed by atoms with Crippen LogP contribution >= 0.6 is 0 Å². The summed E-state index contributed by atoms with van der Waals surface area (Å²) in [5, 5.41) is 9.64. The number of fused-ring (bicyclic) bond motifs is 1. The first kappa shape index (κ1) is 11.4. The number of pyridine rings is 1. The molecule has 0 saturated heterocycles. The van der Waals surface area contributed by atoms with Crippen LogP contribution < -0.4 is 0 Å². The van der Waals surface area contributed by atoms with Crippen molar-refractivity contribution in [1.29, 1.82) is 0 Å². The predicted molar refractivity (Wildman–Crippen MR) is 66.7 cm³/mol. The molecule has 5 heteroatoms. The second-order valence-corrected chi connectivity index (χ2v) is 4.06. The Morgan fingerprint density at radius 3 is 2.89 bits per heavy atom. The summed E-state index contributed by atoms with van der Waals surface area (Å²) in [7, 11) is 0. The van der Waals surface area contributed by atoms with E-state index in [4.69, 9.17) is 0 Å². The van der Waals surface area contributed by atoms with Gasteiger partial charge in [-0.1, -0.05) is 6.07 Å². The van der Waals surface area contributed by atoms with Gasteiger partial charge in [0, 0.05) is 12.3 Å². The van der Waals surface area contributed by atoms with Crippen LogP contribution in [0.2, 0.25) is 0 Å². The Kier molecular flexibility index (Phi) is 2.52. The maximum atomic E-state index is 12.9. The Balaban J connectivity index is 2.13. The average Bonchev–Trinajstić information content (AvgIpc) is 2.82. The van der Waals surface area contributed by atoms with E-state index in [-0.39, 0.29) is 11.3 Å². The summed E-state index contributed by atoms with van der Waals surface area (Å²) in [5.41, 5.74) is 0.997. The van der Waals surface area contributed by atoms with E-state index in [1.807, 2.05) is 6.07 Å². The highest BCUT2D eigenvalue weighted by Crippen LogP contribution is 2.22. The summed E-state index contributed by atoms with van der Waals surface area (Å²) >= 11 is 0. The number of phenols is 1. The number of benzene rings is 1. The molecule has 19 heavy (non-hydrogen) atoms. The van der Waals surface area contributed by atoms with E-state index in [1.165, 1.54) is 12.3 Å². The third-order valence-electron chi connectivity index (χ3n) is 2.85. The molecule has 0 bridgehead atoms. The number of aromatic hydroxyl groups is 1. The summed E-state index contributed by atoms with van der Waals surface area (Å²) in [6, 6.07) is 8.66. The van der Waals surface area contributed by atoms with Crippen molar-refractivity contribution in [2.75, 3.05) is 0 Å². The Bertz CT molecular complexity index is 780. The largest absolute Gasteiger partial charge is 0.507 e. The second kappa shape index (κ2) is 4.20. The third kappa shape index (κ3) is 1.85. The van der Waals surface area contributed by atoms with Crippen molar-refractivity contribution in [2.24, 2.45) is 0 Å². The van der Waals surface area contributed by atoms with Crippen molar-refractivity contribution < 1.29 is 14.3 Å². The molecule has 3 aromatic rings. The zero-order valence-corrected chi connectivity index (χ0v) is 9.75. The van der Waals surface area contributed by atoms with Gasteiger partial charge in [0.1, 0.15) is 22.9 Å². The Labute approximate surface area is 107 Å². The van der Waals surface area contributed by atoms with Gasteiger partial charge >= 0.3 is 0 Å². The fourth-order valence-electron chi connectivity index (χ4n) is 1.94. The number of rotatable bonds is 2. The van der Waals surface area contributed by atoms with E-state index in [2.05, 4.69) is 4.98 Å². The number of nitrogens with zero attached hydrogens (tertiary/aromatic N) is 2. The summed E-state index contributed by atoms with van der Waals surface area (Å²) in [5.74, 6) is -1.38. The summed E-state index contributed by atoms with van der Waals surface area (Å²) < 4.78 is 14.5. The van der Waals surface area contributed by atoms with Crippen LogP contribution in [0.4, 0.5) is 4.39 Å². The van der Waals surface area contributed by atoms with Crippen molar-refractivity contribution in [1.82, 2.24) is 9.38 Å². The number of ketones is 1. The normalized spacial score (nSPS) is 10.8. The number of halogens is 1. The van der Waals surface area contributed by atoms with Crippen LogP contribution in [0, 0.1) is 5.82 Å². The lowest BCUT2D eigenvalue weighted by atomic mass is 10.1. The molecule has 0 atom stereocenters. The Hall–Kier alpha value is -2.69. The van der Waals surface area contributed by atoms with Crippen LogP contribution in [0.1, 0.15) is 16.1 Å². The van der Waals surface area contributed by atoms with Gasteiger partial charge in [0.2, 0.25) is 5.78 Å². The molecular formula is C14H9FN2O2. The highest BCUT2D eigenvalue weighted by Gasteiger charge is 2.17. The molecular weight excluding hydrogens is 247 g/mol. The van der Waals surface area contributed by atoms with Crippen molar-refractivity contribution in [3.05, 3.63) is 65.9 Å². The van der Waals surface area contributed by atoms with Crippen LogP contribution in [-0.4, -0.2) is 20.3 Å². The maximum Gasteiger partial charge on any atom is 0.215 e. The molecule has 94 valence electrons. The SMILES string of the molecule is O=C(c1ccc(F)cc1O)c1cnc2ccccn12. The lowest BCUT2D eigenvalue weighted by molar-refractivity contribution is 0.103. The molecule has 0 fully saturated rings. The molecule has 3 rings (SSSR count). The van der Waals surface area contributed by atoms with E-state index in [0.717, 1.165) is 12.1 Å². The van der Waals surface area contributed by atoms with Crippen LogP contribution in [0.15, 0.2) is 48.8 Å². The van der Waals surface area contributed by atoms with E-state index < -0.39 is 11.6 Å². The monoisotopic (exact) mass is 256 g/mol. The molecule has 0 unspecified atom stereocenters. The van der Waals surface area contributed by atoms with Gasteiger partial charge in [-0.05, 0) is 24.3 Å². The number of imidazole rings is 1. The van der Waals surface area contributed by atoms with E-state index in [1.54, 1.807) is 22.7 Å². The van der Waals surface area contributed by atoms with Gasteiger partial charge in [0.05, 0.1) is 11.8 Å². The molecule has 0 amide bonds. The van der Waals surface area contributed by atoms with Gasteiger partial charge < -0.3 is 5.11 Å². The maximum absolute atomic E-state index is 12.9. The van der Waals surface area contributed by atoms with Gasteiger partial charge in [-0.3, -0.25) is 9.20 Å². The number of phenolic OH excluding ortho intramolecular Hbond substituents is 1. The standard InChI is InChI=1S/C14H9FN2O2/c15-9-4-5-10(12(18)7-9)14(19)11-8-16-13-3-1-2-6-17(11)13/h1-8,18H. The summed E-state index contributed by atoms with van der Waals surface area (Å²) in [6.07, 6.45) is 3.14. The molecule has 0 spiro atoms. The highest BCUT2D eigenvalue weighted by molar-refractivity contribution is 6.09. The Morgan fingerprint density at radius 1 is 1.26 bits per heavy atom. The fourth-order valence-corrected chi connectivity index (χ4v) is 1.94. The molecule has 4 nitrogen and oxygen atoms in total. The van der Waals surface area contributed by atoms with Gasteiger partial charge in [0.25, 0.3) is 0 Å². The van der Waals surface area contributed by atoms with Crippen LogP contribution in [0.5, 0.6) is 5.75 Å².